The van der Waals surface area contributed by atoms with Crippen LogP contribution in [0.25, 0.3) is 0 Å². The molecule has 1 aromatic carbocycles. The third-order valence-corrected chi connectivity index (χ3v) is 3.87. The number of rotatable bonds is 5. The SMILES string of the molecule is O=C(NCCCn1ccnn1)[C@@H]1CCOc2ccccc2C1. The van der Waals surface area contributed by atoms with E-state index in [1.165, 1.54) is 0 Å². The number of aromatic nitrogens is 3. The molecule has 1 aliphatic heterocycles. The Balaban J connectivity index is 1.48. The van der Waals surface area contributed by atoms with Crippen molar-refractivity contribution in [2.75, 3.05) is 13.2 Å². The summed E-state index contributed by atoms with van der Waals surface area (Å²) in [6.07, 6.45) is 5.81. The number of carbonyl (C=O) groups is 1. The third-order valence-electron chi connectivity index (χ3n) is 3.87. The van der Waals surface area contributed by atoms with Gasteiger partial charge >= 0.3 is 0 Å². The van der Waals surface area contributed by atoms with Gasteiger partial charge in [0.2, 0.25) is 5.91 Å². The number of nitrogens with zero attached hydrogens (tertiary/aromatic N) is 3. The zero-order valence-corrected chi connectivity index (χ0v) is 12.4. The van der Waals surface area contributed by atoms with Crippen LogP contribution < -0.4 is 10.1 Å². The van der Waals surface area contributed by atoms with E-state index in [0.29, 0.717) is 13.2 Å². The molecular formula is C16H20N4O2. The molecule has 116 valence electrons. The molecule has 0 saturated carbocycles. The normalized spacial score (nSPS) is 17.2. The number of fused-ring (bicyclic) bond motifs is 1. The summed E-state index contributed by atoms with van der Waals surface area (Å²) in [5.74, 6) is 0.998. The number of carbonyl (C=O) groups excluding carboxylic acids is 1. The maximum atomic E-state index is 12.3. The maximum Gasteiger partial charge on any atom is 0.223 e. The molecule has 0 radical (unpaired) electrons. The molecule has 0 spiro atoms. The molecule has 0 fully saturated rings. The van der Waals surface area contributed by atoms with E-state index in [2.05, 4.69) is 15.6 Å². The fourth-order valence-electron chi connectivity index (χ4n) is 2.66. The summed E-state index contributed by atoms with van der Waals surface area (Å²) < 4.78 is 7.47. The van der Waals surface area contributed by atoms with Crippen LogP contribution in [-0.4, -0.2) is 34.1 Å². The minimum absolute atomic E-state index is 0.0185. The van der Waals surface area contributed by atoms with Crippen molar-refractivity contribution < 1.29 is 9.53 Å². The average molecular weight is 300 g/mol. The fourth-order valence-corrected chi connectivity index (χ4v) is 2.66. The summed E-state index contributed by atoms with van der Waals surface area (Å²) in [4.78, 5) is 12.3. The third kappa shape index (κ3) is 3.63. The van der Waals surface area contributed by atoms with Crippen molar-refractivity contribution in [2.24, 2.45) is 5.92 Å². The lowest BCUT2D eigenvalue weighted by molar-refractivity contribution is -0.125. The molecule has 1 aliphatic rings. The number of hydrogen-bond acceptors (Lipinski definition) is 4. The van der Waals surface area contributed by atoms with Gasteiger partial charge in [-0.1, -0.05) is 23.4 Å². The molecule has 1 aromatic heterocycles. The highest BCUT2D eigenvalue weighted by atomic mass is 16.5. The number of para-hydroxylation sites is 1. The minimum Gasteiger partial charge on any atom is -0.493 e. The summed E-state index contributed by atoms with van der Waals surface area (Å²) in [5, 5.41) is 10.7. The lowest BCUT2D eigenvalue weighted by Crippen LogP contribution is -2.33. The van der Waals surface area contributed by atoms with Crippen LogP contribution in [0.4, 0.5) is 0 Å². The van der Waals surface area contributed by atoms with E-state index < -0.39 is 0 Å². The van der Waals surface area contributed by atoms with Gasteiger partial charge in [0.25, 0.3) is 0 Å². The summed E-state index contributed by atoms with van der Waals surface area (Å²) in [5.41, 5.74) is 1.11. The van der Waals surface area contributed by atoms with Gasteiger partial charge in [-0.05, 0) is 30.9 Å². The number of benzene rings is 1. The Hall–Kier alpha value is -2.37. The number of amides is 1. The van der Waals surface area contributed by atoms with Crippen LogP contribution in [0.2, 0.25) is 0 Å². The first kappa shape index (κ1) is 14.6. The van der Waals surface area contributed by atoms with Crippen LogP contribution in [0, 0.1) is 5.92 Å². The Kier molecular flexibility index (Phi) is 4.68. The second-order valence-corrected chi connectivity index (χ2v) is 5.46. The second-order valence-electron chi connectivity index (χ2n) is 5.46. The molecule has 2 heterocycles. The molecule has 0 bridgehead atoms. The van der Waals surface area contributed by atoms with Crippen LogP contribution in [0.15, 0.2) is 36.7 Å². The van der Waals surface area contributed by atoms with Crippen molar-refractivity contribution in [3.63, 3.8) is 0 Å². The maximum absolute atomic E-state index is 12.3. The molecule has 0 saturated heterocycles. The van der Waals surface area contributed by atoms with Crippen LogP contribution in [0.1, 0.15) is 18.4 Å². The first-order valence-corrected chi connectivity index (χ1v) is 7.65. The lowest BCUT2D eigenvalue weighted by atomic mass is 9.96. The number of nitrogens with one attached hydrogen (secondary N) is 1. The molecule has 6 heteroatoms. The van der Waals surface area contributed by atoms with Gasteiger partial charge in [-0.25, -0.2) is 0 Å². The molecular weight excluding hydrogens is 280 g/mol. The highest BCUT2D eigenvalue weighted by molar-refractivity contribution is 5.79. The lowest BCUT2D eigenvalue weighted by Gasteiger charge is -2.13. The van der Waals surface area contributed by atoms with Crippen molar-refractivity contribution in [2.45, 2.75) is 25.8 Å². The standard InChI is InChI=1S/C16H20N4O2/c21-16(17-7-3-9-20-10-8-18-19-20)14-6-11-22-15-5-2-1-4-13(15)12-14/h1-2,4-5,8,10,14H,3,6-7,9,11-12H2,(H,17,21)/t14-/m1/s1. The largest absolute Gasteiger partial charge is 0.493 e. The average Bonchev–Trinajstić information content (AvgIpc) is 2.95. The molecule has 0 unspecified atom stereocenters. The quantitative estimate of drug-likeness (QED) is 0.848. The molecule has 2 aromatic rings. The first-order chi connectivity index (χ1) is 10.8. The Labute approximate surface area is 129 Å². The molecule has 6 nitrogen and oxygen atoms in total. The van der Waals surface area contributed by atoms with E-state index in [4.69, 9.17) is 4.74 Å². The Bertz CT molecular complexity index is 612. The monoisotopic (exact) mass is 300 g/mol. The van der Waals surface area contributed by atoms with Crippen LogP contribution in [-0.2, 0) is 17.8 Å². The Morgan fingerprint density at radius 2 is 2.32 bits per heavy atom. The van der Waals surface area contributed by atoms with E-state index in [0.717, 1.165) is 37.1 Å². The van der Waals surface area contributed by atoms with E-state index in [9.17, 15) is 4.79 Å². The molecule has 1 N–H and O–H groups in total. The van der Waals surface area contributed by atoms with E-state index >= 15 is 0 Å². The van der Waals surface area contributed by atoms with Gasteiger partial charge in [0.1, 0.15) is 5.75 Å². The van der Waals surface area contributed by atoms with Crippen molar-refractivity contribution >= 4 is 5.91 Å². The molecule has 1 amide bonds. The van der Waals surface area contributed by atoms with Crippen LogP contribution in [0.5, 0.6) is 5.75 Å². The van der Waals surface area contributed by atoms with Crippen LogP contribution >= 0.6 is 0 Å². The highest BCUT2D eigenvalue weighted by Gasteiger charge is 2.23. The first-order valence-electron chi connectivity index (χ1n) is 7.65. The predicted molar refractivity (Wildman–Crippen MR) is 81.4 cm³/mol. The van der Waals surface area contributed by atoms with Gasteiger partial charge in [0.15, 0.2) is 0 Å². The minimum atomic E-state index is -0.0185. The molecule has 1 atom stereocenters. The molecule has 22 heavy (non-hydrogen) atoms. The van der Waals surface area contributed by atoms with Gasteiger partial charge < -0.3 is 10.1 Å². The number of hydrogen-bond donors (Lipinski definition) is 1. The smallest absolute Gasteiger partial charge is 0.223 e. The zero-order chi connectivity index (χ0) is 15.2. The predicted octanol–water partition coefficient (Wildman–Crippen LogP) is 1.43. The van der Waals surface area contributed by atoms with Gasteiger partial charge in [-0.15, -0.1) is 5.10 Å². The van der Waals surface area contributed by atoms with Gasteiger partial charge in [0.05, 0.1) is 12.8 Å². The van der Waals surface area contributed by atoms with Gasteiger partial charge in [-0.3, -0.25) is 9.48 Å². The van der Waals surface area contributed by atoms with Crippen molar-refractivity contribution in [3.8, 4) is 5.75 Å². The number of aryl methyl sites for hydroxylation is 1. The second kappa shape index (κ2) is 7.06. The van der Waals surface area contributed by atoms with E-state index in [1.807, 2.05) is 30.5 Å². The highest BCUT2D eigenvalue weighted by Crippen LogP contribution is 2.26. The fraction of sp³-hybridized carbons (Fsp3) is 0.438. The Morgan fingerprint density at radius 3 is 3.18 bits per heavy atom. The summed E-state index contributed by atoms with van der Waals surface area (Å²) in [6, 6.07) is 7.95. The van der Waals surface area contributed by atoms with Crippen molar-refractivity contribution in [1.82, 2.24) is 20.3 Å². The van der Waals surface area contributed by atoms with Crippen LogP contribution in [0.3, 0.4) is 0 Å². The topological polar surface area (TPSA) is 69.0 Å². The number of ether oxygens (including phenoxy) is 1. The summed E-state index contributed by atoms with van der Waals surface area (Å²) >= 11 is 0. The molecule has 3 rings (SSSR count). The van der Waals surface area contributed by atoms with Crippen molar-refractivity contribution in [3.05, 3.63) is 42.2 Å². The Morgan fingerprint density at radius 1 is 1.41 bits per heavy atom. The molecule has 0 aliphatic carbocycles. The van der Waals surface area contributed by atoms with E-state index in [1.54, 1.807) is 10.9 Å². The van der Waals surface area contributed by atoms with Gasteiger partial charge in [0, 0.05) is 25.2 Å². The van der Waals surface area contributed by atoms with E-state index in [-0.39, 0.29) is 11.8 Å². The summed E-state index contributed by atoms with van der Waals surface area (Å²) in [7, 11) is 0. The summed E-state index contributed by atoms with van der Waals surface area (Å²) in [6.45, 7) is 2.00. The van der Waals surface area contributed by atoms with Gasteiger partial charge in [-0.2, -0.15) is 0 Å². The van der Waals surface area contributed by atoms with Crippen molar-refractivity contribution in [1.29, 1.82) is 0 Å². The zero-order valence-electron chi connectivity index (χ0n) is 12.4.